The summed E-state index contributed by atoms with van der Waals surface area (Å²) in [6.07, 6.45) is 1.80. The van der Waals surface area contributed by atoms with Gasteiger partial charge in [-0.05, 0) is 37.4 Å². The summed E-state index contributed by atoms with van der Waals surface area (Å²) in [5.74, 6) is -0.0859. The molecule has 0 amide bonds. The average Bonchev–Trinajstić information content (AvgIpc) is 2.99. The van der Waals surface area contributed by atoms with E-state index >= 15 is 0 Å². The number of aromatic nitrogens is 3. The van der Waals surface area contributed by atoms with Gasteiger partial charge < -0.3 is 0 Å². The molecule has 0 aliphatic carbocycles. The van der Waals surface area contributed by atoms with E-state index in [9.17, 15) is 8.78 Å². The van der Waals surface area contributed by atoms with Crippen LogP contribution < -0.4 is 0 Å². The summed E-state index contributed by atoms with van der Waals surface area (Å²) in [5.41, 5.74) is 1.22. The Morgan fingerprint density at radius 3 is 2.69 bits per heavy atom. The normalized spacial score (nSPS) is 12.9. The second-order valence-corrected chi connectivity index (χ2v) is 7.21. The highest BCUT2D eigenvalue weighted by Crippen LogP contribution is 2.30. The molecule has 0 atom stereocenters. The Bertz CT molecular complexity index is 1100. The minimum absolute atomic E-state index is 0.133. The van der Waals surface area contributed by atoms with Crippen molar-refractivity contribution in [3.8, 4) is 5.69 Å². The Hall–Kier alpha value is -2.90. The second-order valence-electron chi connectivity index (χ2n) is 6.78. The summed E-state index contributed by atoms with van der Waals surface area (Å²) in [5, 5.41) is 9.00. The van der Waals surface area contributed by atoms with Crippen molar-refractivity contribution in [3.63, 3.8) is 0 Å². The van der Waals surface area contributed by atoms with E-state index in [1.807, 2.05) is 16.5 Å². The number of halogens is 3. The molecule has 2 aromatic carbocycles. The van der Waals surface area contributed by atoms with Crippen molar-refractivity contribution >= 4 is 17.3 Å². The molecule has 1 aliphatic rings. The quantitative estimate of drug-likeness (QED) is 0.590. The van der Waals surface area contributed by atoms with E-state index in [2.05, 4.69) is 21.8 Å². The van der Waals surface area contributed by atoms with E-state index in [0.717, 1.165) is 0 Å². The topological polar surface area (TPSA) is 46.3 Å². The number of aliphatic imine (C=N–C) groups is 1. The molecule has 0 saturated heterocycles. The summed E-state index contributed by atoms with van der Waals surface area (Å²) in [4.78, 5) is 6.52. The first kappa shape index (κ1) is 19.4. The molecule has 0 bridgehead atoms. The molecule has 5 nitrogen and oxygen atoms in total. The molecule has 0 N–H and O–H groups in total. The van der Waals surface area contributed by atoms with Gasteiger partial charge in [-0.15, -0.1) is 16.8 Å². The zero-order chi connectivity index (χ0) is 20.5. The number of fused-ring (bicyclic) bond motifs is 3. The maximum Gasteiger partial charge on any atom is 0.159 e. The first-order chi connectivity index (χ1) is 14.0. The first-order valence-corrected chi connectivity index (χ1v) is 9.39. The van der Waals surface area contributed by atoms with Crippen LogP contribution in [0.3, 0.4) is 0 Å². The van der Waals surface area contributed by atoms with Crippen LogP contribution in [0.5, 0.6) is 0 Å². The summed E-state index contributed by atoms with van der Waals surface area (Å²) >= 11 is 6.23. The Balaban J connectivity index is 1.90. The van der Waals surface area contributed by atoms with Gasteiger partial charge in [0.1, 0.15) is 18.2 Å². The fourth-order valence-electron chi connectivity index (χ4n) is 3.43. The lowest BCUT2D eigenvalue weighted by Crippen LogP contribution is -2.21. The Kier molecular flexibility index (Phi) is 5.25. The fourth-order valence-corrected chi connectivity index (χ4v) is 3.60. The van der Waals surface area contributed by atoms with Crippen LogP contribution in [0.2, 0.25) is 5.02 Å². The van der Waals surface area contributed by atoms with Gasteiger partial charge in [-0.3, -0.25) is 14.5 Å². The number of nitrogens with zero attached hydrogens (tertiary/aromatic N) is 5. The Morgan fingerprint density at radius 1 is 1.21 bits per heavy atom. The zero-order valence-electron chi connectivity index (χ0n) is 15.7. The van der Waals surface area contributed by atoms with Crippen LogP contribution in [0.15, 0.2) is 54.0 Å². The van der Waals surface area contributed by atoms with Crippen molar-refractivity contribution in [2.75, 3.05) is 13.6 Å². The molecule has 4 rings (SSSR count). The molecule has 148 valence electrons. The molecule has 0 radical (unpaired) electrons. The average molecular weight is 414 g/mol. The first-order valence-electron chi connectivity index (χ1n) is 9.01. The highest BCUT2D eigenvalue weighted by Gasteiger charge is 2.26. The Labute approximate surface area is 172 Å². The van der Waals surface area contributed by atoms with Gasteiger partial charge in [0.25, 0.3) is 0 Å². The highest BCUT2D eigenvalue weighted by atomic mass is 35.5. The lowest BCUT2D eigenvalue weighted by Gasteiger charge is -2.17. The highest BCUT2D eigenvalue weighted by molar-refractivity contribution is 6.31. The number of rotatable bonds is 5. The number of hydrogen-bond donors (Lipinski definition) is 0. The number of benzene rings is 2. The van der Waals surface area contributed by atoms with Gasteiger partial charge in [0.2, 0.25) is 0 Å². The van der Waals surface area contributed by atoms with E-state index in [-0.39, 0.29) is 17.8 Å². The van der Waals surface area contributed by atoms with Crippen molar-refractivity contribution in [2.24, 2.45) is 4.99 Å². The molecule has 3 aromatic rings. The minimum Gasteiger partial charge on any atom is -0.295 e. The summed E-state index contributed by atoms with van der Waals surface area (Å²) < 4.78 is 31.0. The monoisotopic (exact) mass is 413 g/mol. The smallest absolute Gasteiger partial charge is 0.159 e. The van der Waals surface area contributed by atoms with E-state index in [1.54, 1.807) is 24.3 Å². The van der Waals surface area contributed by atoms with Crippen LogP contribution in [0.4, 0.5) is 8.78 Å². The molecule has 2 heterocycles. The minimum atomic E-state index is -0.682. The third-order valence-electron chi connectivity index (χ3n) is 4.68. The summed E-state index contributed by atoms with van der Waals surface area (Å²) in [6.45, 7) is 5.08. The van der Waals surface area contributed by atoms with E-state index in [4.69, 9.17) is 11.6 Å². The van der Waals surface area contributed by atoms with Crippen LogP contribution in [0.1, 0.15) is 22.8 Å². The number of hydrogen-bond acceptors (Lipinski definition) is 4. The second kappa shape index (κ2) is 7.85. The third-order valence-corrected chi connectivity index (χ3v) is 4.92. The van der Waals surface area contributed by atoms with Gasteiger partial charge in [-0.25, -0.2) is 8.78 Å². The predicted octanol–water partition coefficient (Wildman–Crippen LogP) is 4.17. The molecule has 0 unspecified atom stereocenters. The van der Waals surface area contributed by atoms with Crippen molar-refractivity contribution < 1.29 is 8.78 Å². The van der Waals surface area contributed by atoms with Gasteiger partial charge in [-0.1, -0.05) is 23.7 Å². The summed E-state index contributed by atoms with van der Waals surface area (Å²) in [6, 6.07) is 8.93. The number of likely N-dealkylation sites (N-methyl/N-ethyl adjacent to an activating group) is 1. The van der Waals surface area contributed by atoms with Gasteiger partial charge in [0.15, 0.2) is 11.6 Å². The molecule has 0 saturated carbocycles. The van der Waals surface area contributed by atoms with E-state index in [0.29, 0.717) is 41.0 Å². The van der Waals surface area contributed by atoms with Gasteiger partial charge in [-0.2, -0.15) is 0 Å². The van der Waals surface area contributed by atoms with Crippen molar-refractivity contribution in [1.82, 2.24) is 19.7 Å². The van der Waals surface area contributed by atoms with E-state index < -0.39 is 11.6 Å². The van der Waals surface area contributed by atoms with Crippen molar-refractivity contribution in [2.45, 2.75) is 13.1 Å². The van der Waals surface area contributed by atoms with Crippen LogP contribution in [0.25, 0.3) is 5.69 Å². The SMILES string of the molecule is C=CCN(C)Cc1nnc2n1-c1ccc(Cl)cc1C(c1c(F)cccc1F)=NC2. The fraction of sp³-hybridized carbons (Fsp3) is 0.190. The van der Waals surface area contributed by atoms with E-state index in [1.165, 1.54) is 18.2 Å². The van der Waals surface area contributed by atoms with Crippen LogP contribution in [-0.4, -0.2) is 39.0 Å². The van der Waals surface area contributed by atoms with Gasteiger partial charge in [0.05, 0.1) is 23.5 Å². The molecule has 0 spiro atoms. The zero-order valence-corrected chi connectivity index (χ0v) is 16.5. The molecule has 1 aromatic heterocycles. The third kappa shape index (κ3) is 3.59. The molecular formula is C21H18ClF2N5. The standard InChI is InChI=1S/C21H18ClF2N5/c1-3-9-28(2)12-19-27-26-18-11-25-21(20-15(23)5-4-6-16(20)24)14-10-13(22)7-8-17(14)29(18)19/h3-8,10H,1,9,11-12H2,2H3. The van der Waals surface area contributed by atoms with Crippen molar-refractivity contribution in [1.29, 1.82) is 0 Å². The molecule has 1 aliphatic heterocycles. The molecule has 8 heteroatoms. The predicted molar refractivity (Wildman–Crippen MR) is 109 cm³/mol. The van der Waals surface area contributed by atoms with Crippen LogP contribution >= 0.6 is 11.6 Å². The lowest BCUT2D eigenvalue weighted by atomic mass is 9.99. The van der Waals surface area contributed by atoms with Crippen LogP contribution in [-0.2, 0) is 13.1 Å². The van der Waals surface area contributed by atoms with Gasteiger partial charge >= 0.3 is 0 Å². The molecule has 29 heavy (non-hydrogen) atoms. The maximum atomic E-state index is 14.5. The van der Waals surface area contributed by atoms with Crippen molar-refractivity contribution in [3.05, 3.63) is 88.5 Å². The largest absolute Gasteiger partial charge is 0.295 e. The summed E-state index contributed by atoms with van der Waals surface area (Å²) in [7, 11) is 1.94. The Morgan fingerprint density at radius 2 is 1.97 bits per heavy atom. The van der Waals surface area contributed by atoms with Crippen LogP contribution in [0, 0.1) is 11.6 Å². The maximum absolute atomic E-state index is 14.5. The molecule has 0 fully saturated rings. The lowest BCUT2D eigenvalue weighted by molar-refractivity contribution is 0.350. The van der Waals surface area contributed by atoms with Gasteiger partial charge in [0, 0.05) is 17.1 Å². The molecular weight excluding hydrogens is 396 g/mol.